The van der Waals surface area contributed by atoms with Gasteiger partial charge in [0.25, 0.3) is 0 Å². The summed E-state index contributed by atoms with van der Waals surface area (Å²) in [7, 11) is 0. The summed E-state index contributed by atoms with van der Waals surface area (Å²) >= 11 is 6.45. The van der Waals surface area contributed by atoms with Crippen molar-refractivity contribution in [2.45, 2.75) is 76.5 Å². The number of aryl methyl sites for hydroxylation is 1. The summed E-state index contributed by atoms with van der Waals surface area (Å²) in [6.45, 7) is 6.66. The van der Waals surface area contributed by atoms with Gasteiger partial charge in [-0.15, -0.1) is 0 Å². The number of aliphatic hydroxyl groups excluding tert-OH is 1. The zero-order valence-corrected chi connectivity index (χ0v) is 25.2. The maximum atomic E-state index is 14.2. The lowest BCUT2D eigenvalue weighted by Gasteiger charge is -2.33. The minimum absolute atomic E-state index is 0.119. The average molecular weight is 598 g/mol. The largest absolute Gasteiger partial charge is 0.494 e. The van der Waals surface area contributed by atoms with Gasteiger partial charge in [-0.2, -0.15) is 0 Å². The third kappa shape index (κ3) is 5.38. The van der Waals surface area contributed by atoms with Gasteiger partial charge in [0.1, 0.15) is 17.4 Å². The first-order valence-electron chi connectivity index (χ1n) is 14.9. The Morgan fingerprint density at radius 1 is 1.07 bits per heavy atom. The first-order chi connectivity index (χ1) is 20.1. The quantitative estimate of drug-likeness (QED) is 0.298. The van der Waals surface area contributed by atoms with Crippen molar-refractivity contribution >= 4 is 40.7 Å². The zero-order valence-electron chi connectivity index (χ0n) is 24.5. The number of benzene rings is 2. The molecule has 0 radical (unpaired) electrons. The number of nitrogens with zero attached hydrogens (tertiary/aromatic N) is 1. The van der Waals surface area contributed by atoms with Crippen LogP contribution in [0.25, 0.3) is 0 Å². The first kappa shape index (κ1) is 30.3. The van der Waals surface area contributed by atoms with E-state index in [1.807, 2.05) is 32.9 Å². The van der Waals surface area contributed by atoms with Crippen molar-refractivity contribution in [2.75, 3.05) is 30.4 Å². The van der Waals surface area contributed by atoms with Crippen molar-refractivity contribution in [3.05, 3.63) is 53.1 Å². The predicted octanol–water partition coefficient (Wildman–Crippen LogP) is 4.94. The van der Waals surface area contributed by atoms with Crippen LogP contribution in [-0.4, -0.2) is 64.7 Å². The molecule has 3 aliphatic rings. The lowest BCUT2D eigenvalue weighted by Crippen LogP contribution is -2.53. The van der Waals surface area contributed by atoms with Crippen LogP contribution in [0.3, 0.4) is 0 Å². The van der Waals surface area contributed by atoms with E-state index in [9.17, 15) is 14.4 Å². The molecule has 0 aliphatic carbocycles. The van der Waals surface area contributed by atoms with E-state index in [4.69, 9.17) is 26.2 Å². The Bertz CT molecular complexity index is 1320. The van der Waals surface area contributed by atoms with Gasteiger partial charge in [-0.05, 0) is 82.3 Å². The van der Waals surface area contributed by atoms with Gasteiger partial charge in [0.2, 0.25) is 17.7 Å². The Morgan fingerprint density at radius 2 is 1.81 bits per heavy atom. The lowest BCUT2D eigenvalue weighted by molar-refractivity contribution is -0.143. The number of amides is 3. The van der Waals surface area contributed by atoms with E-state index in [-0.39, 0.29) is 24.3 Å². The number of anilines is 2. The Hall–Kier alpha value is -3.14. The molecule has 42 heavy (non-hydrogen) atoms. The highest BCUT2D eigenvalue weighted by Gasteiger charge is 2.77. The van der Waals surface area contributed by atoms with Gasteiger partial charge in [-0.3, -0.25) is 14.4 Å². The van der Waals surface area contributed by atoms with Crippen molar-refractivity contribution in [3.8, 4) is 5.75 Å². The van der Waals surface area contributed by atoms with E-state index in [0.717, 1.165) is 18.4 Å². The second-order valence-corrected chi connectivity index (χ2v) is 12.2. The Labute approximate surface area is 251 Å². The summed E-state index contributed by atoms with van der Waals surface area (Å²) in [4.78, 5) is 43.8. The molecule has 3 aliphatic heterocycles. The van der Waals surface area contributed by atoms with Crippen molar-refractivity contribution in [3.63, 3.8) is 0 Å². The van der Waals surface area contributed by atoms with Gasteiger partial charge in [-0.25, -0.2) is 0 Å². The predicted molar refractivity (Wildman–Crippen MR) is 161 cm³/mol. The second kappa shape index (κ2) is 12.2. The Balaban J connectivity index is 1.44. The zero-order chi connectivity index (χ0) is 30.1. The monoisotopic (exact) mass is 597 g/mol. The van der Waals surface area contributed by atoms with Gasteiger partial charge in [0.15, 0.2) is 0 Å². The molecule has 2 aromatic carbocycles. The van der Waals surface area contributed by atoms with Crippen LogP contribution in [0.1, 0.15) is 57.9 Å². The topological polar surface area (TPSA) is 117 Å². The molecule has 5 rings (SSSR count). The van der Waals surface area contributed by atoms with Gasteiger partial charge in [-0.1, -0.05) is 36.6 Å². The number of nitrogens with one attached hydrogen (secondary N) is 2. The van der Waals surface area contributed by atoms with Crippen molar-refractivity contribution in [1.82, 2.24) is 4.90 Å². The van der Waals surface area contributed by atoms with E-state index >= 15 is 0 Å². The number of para-hydroxylation sites is 1. The van der Waals surface area contributed by atoms with Gasteiger partial charge < -0.3 is 30.1 Å². The number of hydrogen-bond donors (Lipinski definition) is 3. The molecule has 2 aromatic rings. The maximum Gasteiger partial charge on any atom is 0.250 e. The molecule has 0 aromatic heterocycles. The molecule has 3 N–H and O–H groups in total. The van der Waals surface area contributed by atoms with Crippen molar-refractivity contribution in [2.24, 2.45) is 11.8 Å². The number of unbranched alkanes of at least 4 members (excludes halogenated alkanes) is 3. The highest BCUT2D eigenvalue weighted by atomic mass is 35.5. The summed E-state index contributed by atoms with van der Waals surface area (Å²) in [5.74, 6) is -1.75. The molecule has 3 saturated heterocycles. The fourth-order valence-electron chi connectivity index (χ4n) is 7.12. The molecule has 226 valence electrons. The minimum Gasteiger partial charge on any atom is -0.494 e. The maximum absolute atomic E-state index is 14.2. The molecule has 5 atom stereocenters. The molecule has 9 nitrogen and oxygen atoms in total. The van der Waals surface area contributed by atoms with Crippen LogP contribution in [0.15, 0.2) is 42.5 Å². The van der Waals surface area contributed by atoms with Gasteiger partial charge >= 0.3 is 0 Å². The molecule has 2 bridgehead atoms. The smallest absolute Gasteiger partial charge is 0.250 e. The number of likely N-dealkylation sites (tertiary alicyclic amines) is 1. The molecule has 0 saturated carbocycles. The van der Waals surface area contributed by atoms with Crippen LogP contribution in [0.4, 0.5) is 11.4 Å². The standard InChI is InChI=1S/C32H40ClN3O6/c1-4-41-22-14-12-21(13-15-22)34-28(38)24-25-30(40)36(18-7-5-6-8-19-37)27(32(25)17-16-31(24,3)42-32)29(39)35-26-20(2)10-9-11-23(26)33/h9-15,24-25,27,37H,4-8,16-19H2,1-3H3,(H,34,38)(H,35,39)/t24-,25-,27?,31+,32?/m0/s1. The van der Waals surface area contributed by atoms with E-state index in [1.165, 1.54) is 0 Å². The van der Waals surface area contributed by atoms with Crippen LogP contribution in [0.5, 0.6) is 5.75 Å². The molecule has 10 heteroatoms. The third-order valence-electron chi connectivity index (χ3n) is 9.02. The number of aliphatic hydroxyl groups is 1. The Kier molecular flexibility index (Phi) is 8.83. The minimum atomic E-state index is -1.13. The van der Waals surface area contributed by atoms with Crippen LogP contribution < -0.4 is 15.4 Å². The number of carbonyl (C=O) groups excluding carboxylic acids is 3. The molecular formula is C32H40ClN3O6. The Morgan fingerprint density at radius 3 is 2.50 bits per heavy atom. The molecular weight excluding hydrogens is 558 g/mol. The highest BCUT2D eigenvalue weighted by molar-refractivity contribution is 6.34. The number of rotatable bonds is 12. The van der Waals surface area contributed by atoms with Crippen molar-refractivity contribution < 1.29 is 29.0 Å². The fourth-order valence-corrected chi connectivity index (χ4v) is 7.39. The molecule has 3 amide bonds. The van der Waals surface area contributed by atoms with E-state index in [0.29, 0.717) is 61.0 Å². The lowest BCUT2D eigenvalue weighted by atomic mass is 9.66. The van der Waals surface area contributed by atoms with Gasteiger partial charge in [0.05, 0.1) is 34.8 Å². The van der Waals surface area contributed by atoms with E-state index in [1.54, 1.807) is 35.2 Å². The SMILES string of the molecule is CCOc1ccc(NC(=O)[C@@H]2[C@H]3C(=O)N(CCCCCCO)C(C(=O)Nc4c(C)cccc4Cl)C34CC[C@@]2(C)O4)cc1. The van der Waals surface area contributed by atoms with Crippen LogP contribution in [-0.2, 0) is 19.1 Å². The fraction of sp³-hybridized carbons (Fsp3) is 0.531. The van der Waals surface area contributed by atoms with Gasteiger partial charge in [0, 0.05) is 18.8 Å². The number of carbonyl (C=O) groups is 3. The summed E-state index contributed by atoms with van der Waals surface area (Å²) in [5.41, 5.74) is -0.110. The molecule has 3 fully saturated rings. The van der Waals surface area contributed by atoms with Crippen LogP contribution in [0.2, 0.25) is 5.02 Å². The number of halogens is 1. The van der Waals surface area contributed by atoms with E-state index in [2.05, 4.69) is 10.6 Å². The molecule has 2 unspecified atom stereocenters. The summed E-state index contributed by atoms with van der Waals surface area (Å²) < 4.78 is 12.2. The van der Waals surface area contributed by atoms with E-state index < -0.39 is 29.1 Å². The third-order valence-corrected chi connectivity index (χ3v) is 9.33. The highest BCUT2D eigenvalue weighted by Crippen LogP contribution is 2.63. The number of ether oxygens (including phenoxy) is 2. The summed E-state index contributed by atoms with van der Waals surface area (Å²) in [6.07, 6.45) is 4.03. The second-order valence-electron chi connectivity index (χ2n) is 11.8. The first-order valence-corrected chi connectivity index (χ1v) is 15.2. The molecule has 1 spiro atoms. The number of fused-ring (bicyclic) bond motifs is 1. The summed E-state index contributed by atoms with van der Waals surface area (Å²) in [5, 5.41) is 15.5. The molecule has 3 heterocycles. The summed E-state index contributed by atoms with van der Waals surface area (Å²) in [6, 6.07) is 11.6. The number of hydrogen-bond acceptors (Lipinski definition) is 6. The van der Waals surface area contributed by atoms with Crippen LogP contribution in [0, 0.1) is 18.8 Å². The average Bonchev–Trinajstić information content (AvgIpc) is 3.52. The normalized spacial score (nSPS) is 27.7. The van der Waals surface area contributed by atoms with Crippen molar-refractivity contribution in [1.29, 1.82) is 0 Å². The van der Waals surface area contributed by atoms with Crippen LogP contribution >= 0.6 is 11.6 Å².